The van der Waals surface area contributed by atoms with Crippen molar-refractivity contribution in [3.8, 4) is 5.75 Å². The van der Waals surface area contributed by atoms with Gasteiger partial charge in [-0.25, -0.2) is 4.99 Å². The van der Waals surface area contributed by atoms with Crippen LogP contribution >= 0.6 is 0 Å². The number of nitrogens with zero attached hydrogens (tertiary/aromatic N) is 2. The molecule has 0 heterocycles. The average Bonchev–Trinajstić information content (AvgIpc) is 2.56. The van der Waals surface area contributed by atoms with Crippen molar-refractivity contribution in [1.82, 2.24) is 4.90 Å². The molecule has 0 spiro atoms. The molecule has 0 aliphatic rings. The van der Waals surface area contributed by atoms with Gasteiger partial charge in [0.2, 0.25) is 0 Å². The molecule has 0 saturated heterocycles. The molecule has 1 rings (SSSR count). The van der Waals surface area contributed by atoms with Crippen LogP contribution in [0, 0.1) is 6.92 Å². The van der Waals surface area contributed by atoms with Gasteiger partial charge in [-0.1, -0.05) is 6.07 Å². The summed E-state index contributed by atoms with van der Waals surface area (Å²) in [6.07, 6.45) is 2.66. The van der Waals surface area contributed by atoms with E-state index in [1.165, 1.54) is 0 Å². The molecule has 0 unspecified atom stereocenters. The van der Waals surface area contributed by atoms with Gasteiger partial charge < -0.3 is 19.1 Å². The highest BCUT2D eigenvalue weighted by Gasteiger charge is 2.08. The fourth-order valence-corrected chi connectivity index (χ4v) is 2.05. The first kappa shape index (κ1) is 19.5. The standard InChI is InChI=1S/C18H30N2O3/c1-6-20(4)14-19-17-13-18(21-5)16(12-15(17)3)8-9-23-11-10-22-7-2/h12-14H,6-11H2,1-5H3/b19-14+. The normalized spacial score (nSPS) is 11.2. The van der Waals surface area contributed by atoms with Crippen molar-refractivity contribution in [3.63, 3.8) is 0 Å². The zero-order chi connectivity index (χ0) is 17.1. The lowest BCUT2D eigenvalue weighted by Crippen LogP contribution is -2.14. The maximum Gasteiger partial charge on any atom is 0.124 e. The van der Waals surface area contributed by atoms with E-state index in [0.29, 0.717) is 19.8 Å². The van der Waals surface area contributed by atoms with Crippen LogP contribution in [0.2, 0.25) is 0 Å². The second-order valence-corrected chi connectivity index (χ2v) is 5.33. The number of aryl methyl sites for hydroxylation is 1. The first-order valence-electron chi connectivity index (χ1n) is 8.19. The average molecular weight is 322 g/mol. The molecular formula is C18H30N2O3. The van der Waals surface area contributed by atoms with Gasteiger partial charge in [0.15, 0.2) is 0 Å². The van der Waals surface area contributed by atoms with Crippen molar-refractivity contribution in [2.45, 2.75) is 27.2 Å². The van der Waals surface area contributed by atoms with Gasteiger partial charge in [-0.15, -0.1) is 0 Å². The van der Waals surface area contributed by atoms with Crippen molar-refractivity contribution in [2.75, 3.05) is 47.1 Å². The van der Waals surface area contributed by atoms with E-state index in [1.54, 1.807) is 7.11 Å². The van der Waals surface area contributed by atoms with Crippen LogP contribution in [-0.2, 0) is 15.9 Å². The molecular weight excluding hydrogens is 292 g/mol. The van der Waals surface area contributed by atoms with Crippen LogP contribution in [0.3, 0.4) is 0 Å². The quantitative estimate of drug-likeness (QED) is 0.356. The minimum absolute atomic E-state index is 0.626. The van der Waals surface area contributed by atoms with Crippen molar-refractivity contribution in [2.24, 2.45) is 4.99 Å². The van der Waals surface area contributed by atoms with E-state index in [1.807, 2.05) is 31.3 Å². The van der Waals surface area contributed by atoms with Gasteiger partial charge in [0.25, 0.3) is 0 Å². The third-order valence-corrected chi connectivity index (χ3v) is 3.58. The van der Waals surface area contributed by atoms with Crippen LogP contribution in [0.1, 0.15) is 25.0 Å². The molecule has 0 atom stereocenters. The molecule has 1 aromatic carbocycles. The summed E-state index contributed by atoms with van der Waals surface area (Å²) in [4.78, 5) is 6.56. The molecule has 0 N–H and O–H groups in total. The van der Waals surface area contributed by atoms with E-state index >= 15 is 0 Å². The second kappa shape index (κ2) is 11.0. The molecule has 5 nitrogen and oxygen atoms in total. The van der Waals surface area contributed by atoms with Gasteiger partial charge in [0, 0.05) is 26.3 Å². The largest absolute Gasteiger partial charge is 0.496 e. The van der Waals surface area contributed by atoms with E-state index in [0.717, 1.165) is 42.1 Å². The van der Waals surface area contributed by atoms with Gasteiger partial charge >= 0.3 is 0 Å². The number of ether oxygens (including phenoxy) is 3. The lowest BCUT2D eigenvalue weighted by Gasteiger charge is -2.13. The smallest absolute Gasteiger partial charge is 0.124 e. The zero-order valence-electron chi connectivity index (χ0n) is 15.1. The number of hydrogen-bond donors (Lipinski definition) is 0. The molecule has 0 aliphatic carbocycles. The van der Waals surface area contributed by atoms with Crippen LogP contribution in [0.25, 0.3) is 0 Å². The lowest BCUT2D eigenvalue weighted by molar-refractivity contribution is 0.0540. The highest BCUT2D eigenvalue weighted by molar-refractivity contribution is 5.64. The van der Waals surface area contributed by atoms with Crippen molar-refractivity contribution in [1.29, 1.82) is 0 Å². The SMILES string of the molecule is CCOCCOCCc1cc(C)c(/N=C/N(C)CC)cc1OC. The molecule has 5 heteroatoms. The van der Waals surface area contributed by atoms with Gasteiger partial charge in [-0.05, 0) is 38.3 Å². The molecule has 0 aliphatic heterocycles. The Labute approximate surface area is 140 Å². The Morgan fingerprint density at radius 1 is 1.13 bits per heavy atom. The molecule has 1 aromatic rings. The molecule has 0 aromatic heterocycles. The van der Waals surface area contributed by atoms with Crippen LogP contribution in [-0.4, -0.2) is 58.4 Å². The lowest BCUT2D eigenvalue weighted by atomic mass is 10.1. The highest BCUT2D eigenvalue weighted by Crippen LogP contribution is 2.29. The zero-order valence-corrected chi connectivity index (χ0v) is 15.1. The number of methoxy groups -OCH3 is 1. The molecule has 0 bridgehead atoms. The number of benzene rings is 1. The fraction of sp³-hybridized carbons (Fsp3) is 0.611. The summed E-state index contributed by atoms with van der Waals surface area (Å²) in [6, 6.07) is 4.12. The molecule has 23 heavy (non-hydrogen) atoms. The summed E-state index contributed by atoms with van der Waals surface area (Å²) in [5, 5.41) is 0. The van der Waals surface area contributed by atoms with Crippen LogP contribution in [0.15, 0.2) is 17.1 Å². The minimum atomic E-state index is 0.626. The first-order valence-corrected chi connectivity index (χ1v) is 8.19. The fourth-order valence-electron chi connectivity index (χ4n) is 2.05. The van der Waals surface area contributed by atoms with Gasteiger partial charge in [-0.2, -0.15) is 0 Å². The summed E-state index contributed by atoms with van der Waals surface area (Å²) < 4.78 is 16.3. The summed E-state index contributed by atoms with van der Waals surface area (Å²) >= 11 is 0. The summed E-state index contributed by atoms with van der Waals surface area (Å²) in [6.45, 7) is 9.72. The predicted molar refractivity (Wildman–Crippen MR) is 95.2 cm³/mol. The summed E-state index contributed by atoms with van der Waals surface area (Å²) in [5.41, 5.74) is 3.21. The number of aliphatic imine (C=N–C) groups is 1. The third-order valence-electron chi connectivity index (χ3n) is 3.58. The van der Waals surface area contributed by atoms with Gasteiger partial charge in [-0.3, -0.25) is 0 Å². The van der Waals surface area contributed by atoms with Crippen LogP contribution in [0.4, 0.5) is 5.69 Å². The maximum absolute atomic E-state index is 5.59. The topological polar surface area (TPSA) is 43.3 Å². The Bertz CT molecular complexity index is 489. The number of rotatable bonds is 11. The molecule has 0 fully saturated rings. The Morgan fingerprint density at radius 3 is 2.52 bits per heavy atom. The van der Waals surface area contributed by atoms with Crippen LogP contribution < -0.4 is 4.74 Å². The minimum Gasteiger partial charge on any atom is -0.496 e. The van der Waals surface area contributed by atoms with Gasteiger partial charge in [0.1, 0.15) is 5.75 Å². The van der Waals surface area contributed by atoms with E-state index in [4.69, 9.17) is 14.2 Å². The molecule has 0 amide bonds. The second-order valence-electron chi connectivity index (χ2n) is 5.33. The van der Waals surface area contributed by atoms with Crippen molar-refractivity contribution < 1.29 is 14.2 Å². The van der Waals surface area contributed by atoms with E-state index in [-0.39, 0.29) is 0 Å². The first-order chi connectivity index (χ1) is 11.1. The van der Waals surface area contributed by atoms with E-state index in [2.05, 4.69) is 24.9 Å². The Kier molecular flexibility index (Phi) is 9.33. The monoisotopic (exact) mass is 322 g/mol. The molecule has 0 saturated carbocycles. The van der Waals surface area contributed by atoms with Crippen LogP contribution in [0.5, 0.6) is 5.75 Å². The third kappa shape index (κ3) is 7.01. The molecule has 0 radical (unpaired) electrons. The Morgan fingerprint density at radius 2 is 1.87 bits per heavy atom. The van der Waals surface area contributed by atoms with E-state index in [9.17, 15) is 0 Å². The summed E-state index contributed by atoms with van der Waals surface area (Å²) in [7, 11) is 3.69. The van der Waals surface area contributed by atoms with Crippen molar-refractivity contribution in [3.05, 3.63) is 23.3 Å². The maximum atomic E-state index is 5.59. The molecule has 130 valence electrons. The van der Waals surface area contributed by atoms with Gasteiger partial charge in [0.05, 0.1) is 39.0 Å². The van der Waals surface area contributed by atoms with Crippen molar-refractivity contribution >= 4 is 12.0 Å². The Hall–Kier alpha value is -1.59. The predicted octanol–water partition coefficient (Wildman–Crippen LogP) is 3.21. The van der Waals surface area contributed by atoms with E-state index < -0.39 is 0 Å². The summed E-state index contributed by atoms with van der Waals surface area (Å²) in [5.74, 6) is 0.857. The Balaban J connectivity index is 2.66. The highest BCUT2D eigenvalue weighted by atomic mass is 16.5. The number of hydrogen-bond acceptors (Lipinski definition) is 4.